The van der Waals surface area contributed by atoms with E-state index in [-0.39, 0.29) is 5.69 Å². The second kappa shape index (κ2) is 6.36. The van der Waals surface area contributed by atoms with Gasteiger partial charge in [0.1, 0.15) is 0 Å². The third-order valence-electron chi connectivity index (χ3n) is 3.08. The van der Waals surface area contributed by atoms with Gasteiger partial charge >= 0.3 is 0 Å². The van der Waals surface area contributed by atoms with Gasteiger partial charge in [-0.15, -0.1) is 0 Å². The molecule has 0 saturated heterocycles. The molecule has 0 aliphatic rings. The van der Waals surface area contributed by atoms with Crippen molar-refractivity contribution in [1.82, 2.24) is 4.98 Å². The zero-order valence-electron chi connectivity index (χ0n) is 11.8. The minimum Gasteiger partial charge on any atom is -0.423 e. The molecule has 0 spiro atoms. The average Bonchev–Trinajstić information content (AvgIpc) is 2.80. The van der Waals surface area contributed by atoms with Crippen LogP contribution in [0.1, 0.15) is 33.1 Å². The number of hydrogen-bond donors (Lipinski definition) is 1. The fraction of sp³-hybridized carbons (Fsp3) is 0.500. The quantitative estimate of drug-likeness (QED) is 0.470. The third-order valence-corrected chi connectivity index (χ3v) is 3.08. The highest BCUT2D eigenvalue weighted by Crippen LogP contribution is 2.27. The van der Waals surface area contributed by atoms with Crippen molar-refractivity contribution in [3.05, 3.63) is 28.3 Å². The molecule has 0 radical (unpaired) electrons. The molecule has 0 aliphatic heterocycles. The van der Waals surface area contributed by atoms with Crippen molar-refractivity contribution >= 4 is 22.8 Å². The molecule has 0 aliphatic carbocycles. The van der Waals surface area contributed by atoms with Crippen molar-refractivity contribution in [3.63, 3.8) is 0 Å². The van der Waals surface area contributed by atoms with Gasteiger partial charge in [-0.1, -0.05) is 32.8 Å². The second-order valence-electron chi connectivity index (χ2n) is 5.22. The number of rotatable bonds is 7. The van der Waals surface area contributed by atoms with E-state index in [0.717, 1.165) is 19.4 Å². The summed E-state index contributed by atoms with van der Waals surface area (Å²) in [4.78, 5) is 14.6. The molecule has 2 rings (SSSR count). The van der Waals surface area contributed by atoms with Crippen LogP contribution in [0.4, 0.5) is 11.7 Å². The lowest BCUT2D eigenvalue weighted by Crippen LogP contribution is -2.02. The van der Waals surface area contributed by atoms with Crippen molar-refractivity contribution < 1.29 is 9.34 Å². The number of para-hydroxylation sites is 1. The van der Waals surface area contributed by atoms with Crippen LogP contribution < -0.4 is 5.32 Å². The predicted molar refractivity (Wildman–Crippen MR) is 77.8 cm³/mol. The number of fused-ring (bicyclic) bond motifs is 1. The van der Waals surface area contributed by atoms with Gasteiger partial charge in [0.15, 0.2) is 11.1 Å². The Morgan fingerprint density at radius 2 is 2.20 bits per heavy atom. The molecule has 0 atom stereocenters. The lowest BCUT2D eigenvalue weighted by atomic mass is 10.1. The minimum absolute atomic E-state index is 0.0286. The second-order valence-corrected chi connectivity index (χ2v) is 5.22. The summed E-state index contributed by atoms with van der Waals surface area (Å²) < 4.78 is 5.46. The van der Waals surface area contributed by atoms with Gasteiger partial charge in [-0.3, -0.25) is 10.1 Å². The molecule has 6 nitrogen and oxygen atoms in total. The van der Waals surface area contributed by atoms with E-state index >= 15 is 0 Å². The molecule has 108 valence electrons. The Bertz CT molecular complexity index is 592. The smallest absolute Gasteiger partial charge is 0.298 e. The van der Waals surface area contributed by atoms with Gasteiger partial charge in [0.25, 0.3) is 11.7 Å². The van der Waals surface area contributed by atoms with Crippen LogP contribution in [-0.4, -0.2) is 16.5 Å². The molecule has 1 N–H and O–H groups in total. The summed E-state index contributed by atoms with van der Waals surface area (Å²) in [5.74, 6) is 0.710. The van der Waals surface area contributed by atoms with Crippen molar-refractivity contribution in [1.29, 1.82) is 0 Å². The zero-order chi connectivity index (χ0) is 14.5. The lowest BCUT2D eigenvalue weighted by molar-refractivity contribution is -0.383. The predicted octanol–water partition coefficient (Wildman–Crippen LogP) is 3.97. The molecule has 1 aromatic heterocycles. The lowest BCUT2D eigenvalue weighted by Gasteiger charge is -2.04. The zero-order valence-corrected chi connectivity index (χ0v) is 11.8. The summed E-state index contributed by atoms with van der Waals surface area (Å²) in [6.07, 6.45) is 3.37. The van der Waals surface area contributed by atoms with Crippen LogP contribution >= 0.6 is 0 Å². The molecule has 1 aromatic carbocycles. The number of anilines is 1. The van der Waals surface area contributed by atoms with Crippen LogP contribution in [0.2, 0.25) is 0 Å². The summed E-state index contributed by atoms with van der Waals surface area (Å²) in [6, 6.07) is 5.05. The molecule has 6 heteroatoms. The van der Waals surface area contributed by atoms with E-state index in [1.165, 1.54) is 12.5 Å². The molecular weight excluding hydrogens is 258 g/mol. The van der Waals surface area contributed by atoms with Gasteiger partial charge in [-0.2, -0.15) is 4.98 Å². The van der Waals surface area contributed by atoms with Crippen LogP contribution in [0.15, 0.2) is 22.6 Å². The van der Waals surface area contributed by atoms with Crippen LogP contribution in [-0.2, 0) is 0 Å². The van der Waals surface area contributed by atoms with E-state index in [9.17, 15) is 10.1 Å². The number of benzene rings is 1. The maximum atomic E-state index is 10.9. The van der Waals surface area contributed by atoms with Crippen molar-refractivity contribution in [3.8, 4) is 0 Å². The van der Waals surface area contributed by atoms with Gasteiger partial charge < -0.3 is 9.73 Å². The number of nitro groups is 1. The van der Waals surface area contributed by atoms with E-state index in [2.05, 4.69) is 24.1 Å². The monoisotopic (exact) mass is 277 g/mol. The van der Waals surface area contributed by atoms with Crippen LogP contribution in [0.5, 0.6) is 0 Å². The topological polar surface area (TPSA) is 81.2 Å². The van der Waals surface area contributed by atoms with Crippen molar-refractivity contribution in [2.45, 2.75) is 33.1 Å². The standard InChI is InChI=1S/C14H19N3O3/c1-10(2)6-3-4-9-15-14-16-13-11(17(18)19)7-5-8-12(13)20-14/h5,7-8,10H,3-4,6,9H2,1-2H3,(H,15,16). The Hall–Kier alpha value is -2.11. The largest absolute Gasteiger partial charge is 0.423 e. The molecule has 0 bridgehead atoms. The molecule has 0 amide bonds. The normalized spacial score (nSPS) is 11.2. The number of aromatic nitrogens is 1. The molecule has 0 fully saturated rings. The number of non-ortho nitro benzene ring substituents is 1. The highest BCUT2D eigenvalue weighted by molar-refractivity contribution is 5.83. The van der Waals surface area contributed by atoms with Crippen molar-refractivity contribution in [2.24, 2.45) is 5.92 Å². The molecule has 0 unspecified atom stereocenters. The summed E-state index contributed by atoms with van der Waals surface area (Å²) in [5, 5.41) is 14.0. The first-order valence-corrected chi connectivity index (χ1v) is 6.85. The number of hydrogen-bond acceptors (Lipinski definition) is 5. The van der Waals surface area contributed by atoms with E-state index in [0.29, 0.717) is 23.0 Å². The number of unbranched alkanes of at least 4 members (excludes halogenated alkanes) is 1. The van der Waals surface area contributed by atoms with Gasteiger partial charge in [0.2, 0.25) is 0 Å². The number of oxazole rings is 1. The Labute approximate surface area is 117 Å². The summed E-state index contributed by atoms with van der Waals surface area (Å²) in [5.41, 5.74) is 0.699. The van der Waals surface area contributed by atoms with Crippen molar-refractivity contribution in [2.75, 3.05) is 11.9 Å². The Morgan fingerprint density at radius 3 is 2.90 bits per heavy atom. The van der Waals surface area contributed by atoms with E-state index in [1.807, 2.05) is 0 Å². The number of nitrogens with one attached hydrogen (secondary N) is 1. The van der Waals surface area contributed by atoms with E-state index < -0.39 is 4.92 Å². The molecule has 0 saturated carbocycles. The Morgan fingerprint density at radius 1 is 1.40 bits per heavy atom. The maximum absolute atomic E-state index is 10.9. The van der Waals surface area contributed by atoms with Crippen LogP contribution in [0, 0.1) is 16.0 Å². The fourth-order valence-electron chi connectivity index (χ4n) is 2.03. The van der Waals surface area contributed by atoms with E-state index in [1.54, 1.807) is 12.1 Å². The maximum Gasteiger partial charge on any atom is 0.298 e. The Balaban J connectivity index is 1.98. The van der Waals surface area contributed by atoms with E-state index in [4.69, 9.17) is 4.42 Å². The minimum atomic E-state index is -0.447. The molecular formula is C14H19N3O3. The molecule has 20 heavy (non-hydrogen) atoms. The first-order valence-electron chi connectivity index (χ1n) is 6.85. The highest BCUT2D eigenvalue weighted by Gasteiger charge is 2.16. The highest BCUT2D eigenvalue weighted by atomic mass is 16.6. The number of nitrogens with zero attached hydrogens (tertiary/aromatic N) is 2. The SMILES string of the molecule is CC(C)CCCCNc1nc2c([N+](=O)[O-])cccc2o1. The van der Waals surface area contributed by atoms with Crippen LogP contribution in [0.25, 0.3) is 11.1 Å². The average molecular weight is 277 g/mol. The van der Waals surface area contributed by atoms with Gasteiger partial charge in [-0.05, 0) is 18.4 Å². The Kier molecular flexibility index (Phi) is 4.55. The first-order chi connectivity index (χ1) is 9.58. The first kappa shape index (κ1) is 14.3. The third kappa shape index (κ3) is 3.46. The summed E-state index contributed by atoms with van der Waals surface area (Å²) >= 11 is 0. The summed E-state index contributed by atoms with van der Waals surface area (Å²) in [7, 11) is 0. The summed E-state index contributed by atoms with van der Waals surface area (Å²) in [6.45, 7) is 5.16. The van der Waals surface area contributed by atoms with Gasteiger partial charge in [0.05, 0.1) is 4.92 Å². The van der Waals surface area contributed by atoms with Crippen LogP contribution in [0.3, 0.4) is 0 Å². The van der Waals surface area contributed by atoms with Gasteiger partial charge in [0, 0.05) is 12.6 Å². The van der Waals surface area contributed by atoms with Gasteiger partial charge in [-0.25, -0.2) is 0 Å². The number of nitro benzene ring substituents is 1. The molecule has 1 heterocycles. The fourth-order valence-corrected chi connectivity index (χ4v) is 2.03. The molecule has 2 aromatic rings.